The quantitative estimate of drug-likeness (QED) is 0.115. The highest BCUT2D eigenvalue weighted by molar-refractivity contribution is 5.65. The Balaban J connectivity index is 3.99. The summed E-state index contributed by atoms with van der Waals surface area (Å²) in [5.74, 6) is -0.147. The van der Waals surface area contributed by atoms with Crippen LogP contribution in [0.25, 0.3) is 0 Å². The molecule has 0 bridgehead atoms. The monoisotopic (exact) mass is 398 g/mol. The van der Waals surface area contributed by atoms with Gasteiger partial charge < -0.3 is 9.22 Å². The van der Waals surface area contributed by atoms with Crippen molar-refractivity contribution in [2.45, 2.75) is 124 Å². The summed E-state index contributed by atoms with van der Waals surface area (Å²) in [6.07, 6.45) is 22.0. The molecule has 28 heavy (non-hydrogen) atoms. The molecule has 0 spiro atoms. The third-order valence-electron chi connectivity index (χ3n) is 6.04. The molecule has 0 saturated carbocycles. The summed E-state index contributed by atoms with van der Waals surface area (Å²) >= 11 is 0. The molecule has 0 radical (unpaired) electrons. The Bertz CT molecular complexity index is 323. The summed E-state index contributed by atoms with van der Waals surface area (Å²) in [5.41, 5.74) is 0. The van der Waals surface area contributed by atoms with E-state index < -0.39 is 0 Å². The van der Waals surface area contributed by atoms with Crippen molar-refractivity contribution in [3.8, 4) is 0 Å². The molecule has 0 aliphatic rings. The number of hydrogen-bond acceptors (Lipinski definition) is 2. The molecule has 0 saturated heterocycles. The van der Waals surface area contributed by atoms with Crippen molar-refractivity contribution < 1.29 is 14.0 Å². The van der Waals surface area contributed by atoms with Crippen molar-refractivity contribution >= 4 is 5.97 Å². The van der Waals surface area contributed by atoms with E-state index in [-0.39, 0.29) is 5.97 Å². The first-order valence-corrected chi connectivity index (χ1v) is 12.5. The molecule has 0 aromatic rings. The molecule has 0 aromatic carbocycles. The van der Waals surface area contributed by atoms with E-state index >= 15 is 0 Å². The van der Waals surface area contributed by atoms with Crippen LogP contribution in [0, 0.1) is 0 Å². The lowest BCUT2D eigenvalue weighted by atomic mass is 10.1. The van der Waals surface area contributed by atoms with E-state index in [4.69, 9.17) is 4.74 Å². The van der Waals surface area contributed by atoms with Gasteiger partial charge in [-0.05, 0) is 25.7 Å². The first-order valence-electron chi connectivity index (χ1n) is 12.5. The Labute approximate surface area is 177 Å². The van der Waals surface area contributed by atoms with Gasteiger partial charge in [-0.25, -0.2) is 0 Å². The Morgan fingerprint density at radius 2 is 0.964 bits per heavy atom. The van der Waals surface area contributed by atoms with Crippen LogP contribution in [0.15, 0.2) is 0 Å². The van der Waals surface area contributed by atoms with Crippen LogP contribution in [-0.2, 0) is 9.53 Å². The third kappa shape index (κ3) is 18.8. The van der Waals surface area contributed by atoms with Gasteiger partial charge in [0.1, 0.15) is 13.2 Å². The van der Waals surface area contributed by atoms with Gasteiger partial charge in [0.15, 0.2) is 0 Å². The number of esters is 1. The minimum absolute atomic E-state index is 0.147. The van der Waals surface area contributed by atoms with Crippen LogP contribution in [0.3, 0.4) is 0 Å². The summed E-state index contributed by atoms with van der Waals surface area (Å²) in [5, 5.41) is 0. The van der Waals surface area contributed by atoms with E-state index in [9.17, 15) is 4.79 Å². The molecule has 0 N–H and O–H groups in total. The van der Waals surface area contributed by atoms with Crippen LogP contribution in [0.4, 0.5) is 0 Å². The SMILES string of the molecule is CCCCCCCCCC[N+](C)(CCCCCCCCCC)CCOC(C)=O. The number of carbonyl (C=O) groups excluding carboxylic acids is 1. The summed E-state index contributed by atoms with van der Waals surface area (Å²) in [6, 6.07) is 0. The van der Waals surface area contributed by atoms with Crippen molar-refractivity contribution in [1.82, 2.24) is 0 Å². The molecule has 168 valence electrons. The maximum atomic E-state index is 11.1. The van der Waals surface area contributed by atoms with Gasteiger partial charge in [-0.1, -0.05) is 90.9 Å². The fourth-order valence-electron chi connectivity index (χ4n) is 4.00. The number of carbonyl (C=O) groups is 1. The topological polar surface area (TPSA) is 26.3 Å². The van der Waals surface area contributed by atoms with Crippen LogP contribution in [-0.4, -0.2) is 43.7 Å². The Kier molecular flexibility index (Phi) is 19.3. The summed E-state index contributed by atoms with van der Waals surface area (Å²) in [7, 11) is 2.37. The molecule has 0 rings (SSSR count). The van der Waals surface area contributed by atoms with E-state index in [0.717, 1.165) is 11.0 Å². The Hall–Kier alpha value is -0.570. The second kappa shape index (κ2) is 19.7. The van der Waals surface area contributed by atoms with Gasteiger partial charge in [0.25, 0.3) is 0 Å². The van der Waals surface area contributed by atoms with Crippen molar-refractivity contribution in [2.24, 2.45) is 0 Å². The number of quaternary nitrogens is 1. The lowest BCUT2D eigenvalue weighted by Crippen LogP contribution is -2.48. The zero-order chi connectivity index (χ0) is 20.9. The fourth-order valence-corrected chi connectivity index (χ4v) is 4.00. The normalized spacial score (nSPS) is 11.7. The lowest BCUT2D eigenvalue weighted by Gasteiger charge is -2.34. The van der Waals surface area contributed by atoms with Gasteiger partial charge in [-0.3, -0.25) is 4.79 Å². The molecule has 0 amide bonds. The van der Waals surface area contributed by atoms with E-state index in [1.54, 1.807) is 0 Å². The highest BCUT2D eigenvalue weighted by atomic mass is 16.5. The van der Waals surface area contributed by atoms with Crippen molar-refractivity contribution in [1.29, 1.82) is 0 Å². The van der Waals surface area contributed by atoms with Crippen LogP contribution >= 0.6 is 0 Å². The summed E-state index contributed by atoms with van der Waals surface area (Å²) in [6.45, 7) is 10.1. The van der Waals surface area contributed by atoms with Gasteiger partial charge in [0, 0.05) is 6.92 Å². The second-order valence-corrected chi connectivity index (χ2v) is 9.08. The number of rotatable bonds is 21. The summed E-state index contributed by atoms with van der Waals surface area (Å²) in [4.78, 5) is 11.1. The van der Waals surface area contributed by atoms with Crippen LogP contribution in [0.2, 0.25) is 0 Å². The highest BCUT2D eigenvalue weighted by Gasteiger charge is 2.21. The Morgan fingerprint density at radius 3 is 1.32 bits per heavy atom. The average Bonchev–Trinajstić information content (AvgIpc) is 2.66. The van der Waals surface area contributed by atoms with Crippen molar-refractivity contribution in [3.05, 3.63) is 0 Å². The number of hydrogen-bond donors (Lipinski definition) is 0. The molecule has 0 aliphatic heterocycles. The predicted molar refractivity (Wildman–Crippen MR) is 123 cm³/mol. The maximum Gasteiger partial charge on any atom is 0.302 e. The van der Waals surface area contributed by atoms with Crippen LogP contribution in [0.1, 0.15) is 124 Å². The van der Waals surface area contributed by atoms with E-state index in [1.165, 1.54) is 123 Å². The zero-order valence-corrected chi connectivity index (χ0v) is 19.9. The third-order valence-corrected chi connectivity index (χ3v) is 6.04. The number of likely N-dealkylation sites (N-methyl/N-ethyl adjacent to an activating group) is 1. The average molecular weight is 399 g/mol. The van der Waals surface area contributed by atoms with E-state index in [2.05, 4.69) is 20.9 Å². The summed E-state index contributed by atoms with van der Waals surface area (Å²) < 4.78 is 6.32. The van der Waals surface area contributed by atoms with Gasteiger partial charge >= 0.3 is 5.97 Å². The highest BCUT2D eigenvalue weighted by Crippen LogP contribution is 2.14. The lowest BCUT2D eigenvalue weighted by molar-refractivity contribution is -0.910. The molecular weight excluding hydrogens is 346 g/mol. The molecule has 0 atom stereocenters. The molecule has 0 aromatic heterocycles. The first-order chi connectivity index (χ1) is 13.5. The minimum Gasteiger partial charge on any atom is -0.460 e. The molecule has 0 aliphatic carbocycles. The minimum atomic E-state index is -0.147. The molecule has 3 heteroatoms. The standard InChI is InChI=1S/C25H52NO2/c1-5-7-9-11-13-15-17-19-21-26(4,23-24-28-25(3)27)22-20-18-16-14-12-10-8-6-2/h5-24H2,1-4H3/q+1. The van der Waals surface area contributed by atoms with E-state index in [1.807, 2.05) is 0 Å². The van der Waals surface area contributed by atoms with Crippen LogP contribution in [0.5, 0.6) is 0 Å². The van der Waals surface area contributed by atoms with Gasteiger partial charge in [-0.15, -0.1) is 0 Å². The number of nitrogens with zero attached hydrogens (tertiary/aromatic N) is 1. The smallest absolute Gasteiger partial charge is 0.302 e. The van der Waals surface area contributed by atoms with Crippen molar-refractivity contribution in [3.63, 3.8) is 0 Å². The predicted octanol–water partition coefficient (Wildman–Crippen LogP) is 7.28. The van der Waals surface area contributed by atoms with E-state index in [0.29, 0.717) is 6.61 Å². The maximum absolute atomic E-state index is 11.1. The Morgan fingerprint density at radius 1 is 0.607 bits per heavy atom. The van der Waals surface area contributed by atoms with Gasteiger partial charge in [0.05, 0.1) is 20.1 Å². The van der Waals surface area contributed by atoms with Crippen molar-refractivity contribution in [2.75, 3.05) is 33.3 Å². The van der Waals surface area contributed by atoms with Gasteiger partial charge in [-0.2, -0.15) is 0 Å². The fraction of sp³-hybridized carbons (Fsp3) is 0.960. The second-order valence-electron chi connectivity index (χ2n) is 9.08. The first kappa shape index (κ1) is 27.4. The zero-order valence-electron chi connectivity index (χ0n) is 19.9. The molecule has 3 nitrogen and oxygen atoms in total. The molecular formula is C25H52NO2+. The van der Waals surface area contributed by atoms with Crippen LogP contribution < -0.4 is 0 Å². The number of ether oxygens (including phenoxy) is 1. The molecule has 0 unspecified atom stereocenters. The molecule has 0 fully saturated rings. The van der Waals surface area contributed by atoms with Gasteiger partial charge in [0.2, 0.25) is 0 Å². The largest absolute Gasteiger partial charge is 0.460 e. The number of unbranched alkanes of at least 4 members (excludes halogenated alkanes) is 14. The molecule has 0 heterocycles.